The molecule has 5 atom stereocenters. The van der Waals surface area contributed by atoms with Crippen LogP contribution < -0.4 is 0 Å². The van der Waals surface area contributed by atoms with Gasteiger partial charge < -0.3 is 14.9 Å². The van der Waals surface area contributed by atoms with E-state index in [1.165, 1.54) is 6.42 Å². The lowest BCUT2D eigenvalue weighted by atomic mass is 9.41. The van der Waals surface area contributed by atoms with Crippen LogP contribution in [0.15, 0.2) is 0 Å². The third kappa shape index (κ3) is 1.05. The summed E-state index contributed by atoms with van der Waals surface area (Å²) in [5.41, 5.74) is -0.955. The normalized spacial score (nSPS) is 56.1. The lowest BCUT2D eigenvalue weighted by Gasteiger charge is -2.70. The predicted octanol–water partition coefficient (Wildman–Crippen LogP) is 1.47. The smallest absolute Gasteiger partial charge is 0.102 e. The average molecular weight is 226 g/mol. The summed E-state index contributed by atoms with van der Waals surface area (Å²) in [4.78, 5) is 0. The highest BCUT2D eigenvalue weighted by Crippen LogP contribution is 2.65. The molecular weight excluding hydrogens is 204 g/mol. The summed E-state index contributed by atoms with van der Waals surface area (Å²) in [5, 5.41) is 20.9. The first-order chi connectivity index (χ1) is 7.66. The molecule has 3 aliphatic carbocycles. The Labute approximate surface area is 96.8 Å². The SMILES string of the molecule is CO[C@]12CCCC[C@H]1[C@@]1(O)[C@H](O)CCC[C@@H]21. The van der Waals surface area contributed by atoms with Gasteiger partial charge >= 0.3 is 0 Å². The molecule has 3 nitrogen and oxygen atoms in total. The van der Waals surface area contributed by atoms with Crippen molar-refractivity contribution in [2.75, 3.05) is 7.11 Å². The fraction of sp³-hybridized carbons (Fsp3) is 1.00. The van der Waals surface area contributed by atoms with Crippen LogP contribution in [0.3, 0.4) is 0 Å². The van der Waals surface area contributed by atoms with Gasteiger partial charge in [-0.05, 0) is 25.7 Å². The van der Waals surface area contributed by atoms with Crippen molar-refractivity contribution in [3.8, 4) is 0 Å². The second-order valence-electron chi connectivity index (χ2n) is 5.84. The van der Waals surface area contributed by atoms with Gasteiger partial charge in [-0.25, -0.2) is 0 Å². The van der Waals surface area contributed by atoms with Crippen molar-refractivity contribution in [1.29, 1.82) is 0 Å². The summed E-state index contributed by atoms with van der Waals surface area (Å²) in [5.74, 6) is 0.332. The molecule has 0 heterocycles. The number of aliphatic hydroxyl groups excluding tert-OH is 1. The molecule has 92 valence electrons. The van der Waals surface area contributed by atoms with E-state index in [0.29, 0.717) is 0 Å². The molecule has 0 aromatic carbocycles. The Morgan fingerprint density at radius 2 is 1.75 bits per heavy atom. The van der Waals surface area contributed by atoms with Crippen molar-refractivity contribution >= 4 is 0 Å². The van der Waals surface area contributed by atoms with Gasteiger partial charge in [-0.2, -0.15) is 0 Å². The third-order valence-electron chi connectivity index (χ3n) is 5.49. The summed E-state index contributed by atoms with van der Waals surface area (Å²) >= 11 is 0. The Hall–Kier alpha value is -0.120. The molecule has 2 N–H and O–H groups in total. The molecule has 16 heavy (non-hydrogen) atoms. The van der Waals surface area contributed by atoms with Gasteiger partial charge in [0.15, 0.2) is 0 Å². The first kappa shape index (κ1) is 11.0. The van der Waals surface area contributed by atoms with Gasteiger partial charge in [-0.1, -0.05) is 19.3 Å². The second kappa shape index (κ2) is 3.44. The highest BCUT2D eigenvalue weighted by Gasteiger charge is 2.73. The second-order valence-corrected chi connectivity index (χ2v) is 5.84. The molecule has 3 aliphatic rings. The van der Waals surface area contributed by atoms with Gasteiger partial charge in [0.05, 0.1) is 11.7 Å². The number of hydrogen-bond donors (Lipinski definition) is 2. The average Bonchev–Trinajstić information content (AvgIpc) is 2.31. The molecular formula is C13H22O3. The number of aliphatic hydroxyl groups is 2. The standard InChI is InChI=1S/C13H22O3/c1-16-12-8-3-2-5-9(12)13(15)10(12)6-4-7-11(13)14/h9-11,14-15H,2-8H2,1H3/t9-,10+,11-,12-,13+/m1/s1. The Bertz CT molecular complexity index is 273. The van der Waals surface area contributed by atoms with Crippen molar-refractivity contribution in [1.82, 2.24) is 0 Å². The van der Waals surface area contributed by atoms with Gasteiger partial charge in [0.25, 0.3) is 0 Å². The Morgan fingerprint density at radius 1 is 1.06 bits per heavy atom. The Balaban J connectivity index is 1.95. The fourth-order valence-corrected chi connectivity index (χ4v) is 4.82. The Morgan fingerprint density at radius 3 is 2.44 bits per heavy atom. The van der Waals surface area contributed by atoms with Crippen LogP contribution in [0.2, 0.25) is 0 Å². The lowest BCUT2D eigenvalue weighted by Crippen LogP contribution is -2.80. The molecule has 3 rings (SSSR count). The van der Waals surface area contributed by atoms with Crippen molar-refractivity contribution in [3.63, 3.8) is 0 Å². The van der Waals surface area contributed by atoms with E-state index in [-0.39, 0.29) is 17.4 Å². The number of ether oxygens (including phenoxy) is 1. The van der Waals surface area contributed by atoms with E-state index in [2.05, 4.69) is 0 Å². The number of methoxy groups -OCH3 is 1. The van der Waals surface area contributed by atoms with Crippen LogP contribution in [0.25, 0.3) is 0 Å². The van der Waals surface area contributed by atoms with Gasteiger partial charge in [0.2, 0.25) is 0 Å². The minimum atomic E-state index is -0.839. The van der Waals surface area contributed by atoms with E-state index < -0.39 is 11.7 Å². The molecule has 0 amide bonds. The van der Waals surface area contributed by atoms with Gasteiger partial charge in [-0.3, -0.25) is 0 Å². The van der Waals surface area contributed by atoms with Crippen LogP contribution >= 0.6 is 0 Å². The first-order valence-electron chi connectivity index (χ1n) is 6.62. The number of fused-ring (bicyclic) bond motifs is 4. The molecule has 0 aromatic rings. The zero-order valence-electron chi connectivity index (χ0n) is 9.98. The summed E-state index contributed by atoms with van der Waals surface area (Å²) in [6.07, 6.45) is 6.70. The predicted molar refractivity (Wildman–Crippen MR) is 60.0 cm³/mol. The van der Waals surface area contributed by atoms with E-state index in [1.807, 2.05) is 0 Å². The summed E-state index contributed by atoms with van der Waals surface area (Å²) in [6.45, 7) is 0. The largest absolute Gasteiger partial charge is 0.390 e. The summed E-state index contributed by atoms with van der Waals surface area (Å²) in [6, 6.07) is 0. The van der Waals surface area contributed by atoms with Crippen molar-refractivity contribution < 1.29 is 14.9 Å². The molecule has 0 spiro atoms. The maximum absolute atomic E-state index is 10.8. The van der Waals surface area contributed by atoms with Crippen molar-refractivity contribution in [2.24, 2.45) is 11.8 Å². The van der Waals surface area contributed by atoms with Crippen molar-refractivity contribution in [3.05, 3.63) is 0 Å². The molecule has 0 saturated heterocycles. The van der Waals surface area contributed by atoms with Crippen LogP contribution in [0, 0.1) is 11.8 Å². The zero-order valence-corrected chi connectivity index (χ0v) is 9.98. The number of hydrogen-bond acceptors (Lipinski definition) is 3. The van der Waals surface area contributed by atoms with Crippen LogP contribution in [-0.4, -0.2) is 34.6 Å². The summed E-state index contributed by atoms with van der Waals surface area (Å²) in [7, 11) is 1.78. The van der Waals surface area contributed by atoms with E-state index in [9.17, 15) is 10.2 Å². The van der Waals surface area contributed by atoms with E-state index in [0.717, 1.165) is 38.5 Å². The molecule has 0 radical (unpaired) electrons. The fourth-order valence-electron chi connectivity index (χ4n) is 4.82. The van der Waals surface area contributed by atoms with E-state index in [1.54, 1.807) is 7.11 Å². The highest BCUT2D eigenvalue weighted by molar-refractivity contribution is 5.23. The van der Waals surface area contributed by atoms with Gasteiger partial charge in [0.1, 0.15) is 5.60 Å². The van der Waals surface area contributed by atoms with E-state index >= 15 is 0 Å². The number of rotatable bonds is 1. The maximum Gasteiger partial charge on any atom is 0.102 e. The third-order valence-corrected chi connectivity index (χ3v) is 5.49. The quantitative estimate of drug-likeness (QED) is 0.712. The summed E-state index contributed by atoms with van der Waals surface area (Å²) < 4.78 is 5.79. The lowest BCUT2D eigenvalue weighted by molar-refractivity contribution is -0.350. The van der Waals surface area contributed by atoms with Crippen LogP contribution in [-0.2, 0) is 4.74 Å². The molecule has 0 aliphatic heterocycles. The van der Waals surface area contributed by atoms with Gasteiger partial charge in [-0.15, -0.1) is 0 Å². The van der Waals surface area contributed by atoms with Crippen LogP contribution in [0.1, 0.15) is 44.9 Å². The molecule has 3 fully saturated rings. The molecule has 3 saturated carbocycles. The monoisotopic (exact) mass is 226 g/mol. The van der Waals surface area contributed by atoms with Crippen LogP contribution in [0.4, 0.5) is 0 Å². The highest BCUT2D eigenvalue weighted by atomic mass is 16.5. The van der Waals surface area contributed by atoms with E-state index in [4.69, 9.17) is 4.74 Å². The Kier molecular flexibility index (Phi) is 2.36. The minimum absolute atomic E-state index is 0.117. The molecule has 0 unspecified atom stereocenters. The van der Waals surface area contributed by atoms with Gasteiger partial charge in [0, 0.05) is 18.9 Å². The molecule has 0 bridgehead atoms. The van der Waals surface area contributed by atoms with Crippen LogP contribution in [0.5, 0.6) is 0 Å². The van der Waals surface area contributed by atoms with Crippen molar-refractivity contribution in [2.45, 2.75) is 62.3 Å². The molecule has 0 aromatic heterocycles. The topological polar surface area (TPSA) is 49.7 Å². The minimum Gasteiger partial charge on any atom is -0.390 e. The first-order valence-corrected chi connectivity index (χ1v) is 6.62. The maximum atomic E-state index is 10.8. The zero-order chi connectivity index (χ0) is 11.4. The molecule has 3 heteroatoms.